The maximum Gasteiger partial charge on any atom is 0.451 e. The van der Waals surface area contributed by atoms with Crippen LogP contribution < -0.4 is 0 Å². The molecule has 11 heavy (non-hydrogen) atoms. The van der Waals surface area contributed by atoms with Crippen molar-refractivity contribution >= 4 is 14.2 Å². The molecular weight excluding hydrogens is 146 g/mol. The molecule has 4 N–H and O–H groups in total. The molecule has 0 spiro atoms. The highest BCUT2D eigenvalue weighted by Crippen LogP contribution is 2.27. The van der Waals surface area contributed by atoms with Gasteiger partial charge in [0.15, 0.2) is 0 Å². The van der Waals surface area contributed by atoms with E-state index in [9.17, 15) is 0 Å². The van der Waals surface area contributed by atoms with Crippen LogP contribution in [0.1, 0.15) is 13.8 Å². The predicted octanol–water partition coefficient (Wildman–Crippen LogP) is -1.04. The van der Waals surface area contributed by atoms with E-state index >= 15 is 0 Å². The predicted molar refractivity (Wildman–Crippen MR) is 43.8 cm³/mol. The quantitative estimate of drug-likeness (QED) is 0.395. The topological polar surface area (TPSA) is 80.9 Å². The molecule has 0 aliphatic heterocycles. The van der Waals surface area contributed by atoms with Gasteiger partial charge in [0.1, 0.15) is 0 Å². The summed E-state index contributed by atoms with van der Waals surface area (Å²) in [6.45, 7) is 3.48. The van der Waals surface area contributed by atoms with Crippen molar-refractivity contribution in [3.63, 3.8) is 0 Å². The van der Waals surface area contributed by atoms with Gasteiger partial charge in [0, 0.05) is 0 Å². The average molecular weight is 160 g/mol. The van der Waals surface area contributed by atoms with E-state index in [1.165, 1.54) is 0 Å². The zero-order valence-corrected chi connectivity index (χ0v) is 6.86. The lowest BCUT2D eigenvalue weighted by Crippen LogP contribution is -2.28. The highest BCUT2D eigenvalue weighted by atomic mass is 16.4. The van der Waals surface area contributed by atoms with Crippen LogP contribution >= 0.6 is 0 Å². The Morgan fingerprint density at radius 3 is 1.36 bits per heavy atom. The summed E-state index contributed by atoms with van der Waals surface area (Å²) in [6, 6.07) is 0. The van der Waals surface area contributed by atoms with Crippen LogP contribution in [-0.4, -0.2) is 34.3 Å². The fraction of sp³-hybridized carbons (Fsp3) is 1.00. The summed E-state index contributed by atoms with van der Waals surface area (Å²) in [6.07, 6.45) is 0.287. The van der Waals surface area contributed by atoms with Crippen LogP contribution in [0.2, 0.25) is 12.6 Å². The fourth-order valence-corrected chi connectivity index (χ4v) is 1.07. The monoisotopic (exact) mass is 160 g/mol. The smallest absolute Gasteiger partial charge is 0.427 e. The third kappa shape index (κ3) is 6.37. The fourth-order valence-electron chi connectivity index (χ4n) is 1.07. The van der Waals surface area contributed by atoms with E-state index in [4.69, 9.17) is 20.1 Å². The van der Waals surface area contributed by atoms with Gasteiger partial charge >= 0.3 is 14.2 Å². The molecule has 0 rings (SSSR count). The molecule has 0 saturated heterocycles. The molecule has 0 amide bonds. The molecule has 0 saturated carbocycles. The van der Waals surface area contributed by atoms with Gasteiger partial charge in [-0.25, -0.2) is 0 Å². The molecule has 0 unspecified atom stereocenters. The van der Waals surface area contributed by atoms with Crippen molar-refractivity contribution in [1.82, 2.24) is 0 Å². The highest BCUT2D eigenvalue weighted by molar-refractivity contribution is 6.43. The Kier molecular flexibility index (Phi) is 4.10. The largest absolute Gasteiger partial charge is 0.451 e. The van der Waals surface area contributed by atoms with Gasteiger partial charge in [-0.15, -0.1) is 0 Å². The second-order valence-electron chi connectivity index (χ2n) is 3.53. The van der Waals surface area contributed by atoms with Crippen molar-refractivity contribution in [3.8, 4) is 0 Å². The van der Waals surface area contributed by atoms with Crippen LogP contribution in [0.25, 0.3) is 0 Å². The SMILES string of the molecule is CC(C)(CB(O)O)CB(O)O. The highest BCUT2D eigenvalue weighted by Gasteiger charge is 2.28. The Balaban J connectivity index is 3.79. The van der Waals surface area contributed by atoms with Gasteiger partial charge < -0.3 is 20.1 Å². The van der Waals surface area contributed by atoms with Gasteiger partial charge in [0.25, 0.3) is 0 Å². The first kappa shape index (κ1) is 11.0. The minimum atomic E-state index is -1.39. The molecule has 4 nitrogen and oxygen atoms in total. The molecule has 0 heterocycles. The van der Waals surface area contributed by atoms with E-state index in [-0.39, 0.29) is 12.6 Å². The van der Waals surface area contributed by atoms with Crippen molar-refractivity contribution in [2.75, 3.05) is 0 Å². The summed E-state index contributed by atoms with van der Waals surface area (Å²) < 4.78 is 0. The molecule has 0 aliphatic rings. The summed E-state index contributed by atoms with van der Waals surface area (Å²) in [4.78, 5) is 0. The summed E-state index contributed by atoms with van der Waals surface area (Å²) in [5.74, 6) is 0. The van der Waals surface area contributed by atoms with Crippen molar-refractivity contribution in [3.05, 3.63) is 0 Å². The second-order valence-corrected chi connectivity index (χ2v) is 3.53. The van der Waals surface area contributed by atoms with E-state index in [2.05, 4.69) is 0 Å². The van der Waals surface area contributed by atoms with Gasteiger partial charge in [0.05, 0.1) is 0 Å². The maximum atomic E-state index is 8.59. The molecule has 0 bridgehead atoms. The summed E-state index contributed by atoms with van der Waals surface area (Å²) in [5.41, 5.74) is -0.456. The zero-order chi connectivity index (χ0) is 9.07. The molecule has 0 atom stereocenters. The summed E-state index contributed by atoms with van der Waals surface area (Å²) in [7, 11) is -2.77. The molecular formula is C5H14B2O4. The van der Waals surface area contributed by atoms with Crippen molar-refractivity contribution in [2.45, 2.75) is 26.5 Å². The van der Waals surface area contributed by atoms with Crippen LogP contribution in [-0.2, 0) is 0 Å². The molecule has 0 aromatic heterocycles. The Hall–Kier alpha value is -0.0301. The lowest BCUT2D eigenvalue weighted by Gasteiger charge is -2.23. The van der Waals surface area contributed by atoms with Crippen LogP contribution in [0.15, 0.2) is 0 Å². The summed E-state index contributed by atoms with van der Waals surface area (Å²) in [5, 5.41) is 34.4. The molecule has 0 aromatic carbocycles. The normalized spacial score (nSPS) is 11.5. The summed E-state index contributed by atoms with van der Waals surface area (Å²) >= 11 is 0. The molecule has 6 heteroatoms. The number of rotatable bonds is 4. The van der Waals surface area contributed by atoms with Gasteiger partial charge in [-0.1, -0.05) is 13.8 Å². The molecule has 0 aliphatic carbocycles. The molecule has 0 aromatic rings. The molecule has 0 fully saturated rings. The van der Waals surface area contributed by atoms with Crippen LogP contribution in [0.5, 0.6) is 0 Å². The van der Waals surface area contributed by atoms with E-state index in [0.717, 1.165) is 0 Å². The maximum absolute atomic E-state index is 8.59. The lowest BCUT2D eigenvalue weighted by atomic mass is 9.61. The lowest BCUT2D eigenvalue weighted by molar-refractivity contribution is 0.326. The zero-order valence-electron chi connectivity index (χ0n) is 6.86. The van der Waals surface area contributed by atoms with Crippen LogP contribution in [0, 0.1) is 5.41 Å². The number of hydrogen-bond acceptors (Lipinski definition) is 4. The van der Waals surface area contributed by atoms with Crippen molar-refractivity contribution < 1.29 is 20.1 Å². The van der Waals surface area contributed by atoms with E-state index in [1.807, 2.05) is 0 Å². The first-order valence-electron chi connectivity index (χ1n) is 3.56. The second kappa shape index (κ2) is 4.11. The first-order valence-corrected chi connectivity index (χ1v) is 3.56. The average Bonchev–Trinajstić information content (AvgIpc) is 1.53. The molecule has 64 valence electrons. The van der Waals surface area contributed by atoms with Gasteiger partial charge in [-0.2, -0.15) is 0 Å². The Morgan fingerprint density at radius 2 is 1.18 bits per heavy atom. The van der Waals surface area contributed by atoms with Gasteiger partial charge in [-0.05, 0) is 18.1 Å². The first-order chi connectivity index (χ1) is 4.83. The van der Waals surface area contributed by atoms with Gasteiger partial charge in [-0.3, -0.25) is 0 Å². The minimum absolute atomic E-state index is 0.143. The van der Waals surface area contributed by atoms with Crippen LogP contribution in [0.3, 0.4) is 0 Å². The third-order valence-corrected chi connectivity index (χ3v) is 1.47. The standard InChI is InChI=1S/C5H14B2O4/c1-5(2,3-6(8)9)4-7(10)11/h8-11H,3-4H2,1-2H3. The Bertz CT molecular complexity index is 103. The molecule has 0 radical (unpaired) electrons. The van der Waals surface area contributed by atoms with E-state index < -0.39 is 19.7 Å². The minimum Gasteiger partial charge on any atom is -0.427 e. The number of hydrogen-bond donors (Lipinski definition) is 4. The van der Waals surface area contributed by atoms with Gasteiger partial charge in [0.2, 0.25) is 0 Å². The van der Waals surface area contributed by atoms with Crippen LogP contribution in [0.4, 0.5) is 0 Å². The van der Waals surface area contributed by atoms with E-state index in [0.29, 0.717) is 0 Å². The Morgan fingerprint density at radius 1 is 0.909 bits per heavy atom. The van der Waals surface area contributed by atoms with Crippen molar-refractivity contribution in [1.29, 1.82) is 0 Å². The van der Waals surface area contributed by atoms with Crippen molar-refractivity contribution in [2.24, 2.45) is 5.41 Å². The van der Waals surface area contributed by atoms with E-state index in [1.54, 1.807) is 13.8 Å². The Labute approximate surface area is 67.2 Å². The third-order valence-electron chi connectivity index (χ3n) is 1.47.